The van der Waals surface area contributed by atoms with E-state index in [4.69, 9.17) is 14.2 Å². The maximum atomic E-state index is 12.1. The molecule has 1 amide bonds. The standard InChI is InChI=1S/C15H29NO6/c1-11(2)8-12(15(18)19)9-13(17)16(3)10-14(21-5)22-7-6-20-4/h11-12,14H,6-10H2,1-5H3,(H,18,19)/t12-,14?/m1/s1. The van der Waals surface area contributed by atoms with Crippen LogP contribution in [0.3, 0.4) is 0 Å². The average Bonchev–Trinajstić information content (AvgIpc) is 2.44. The largest absolute Gasteiger partial charge is 0.481 e. The molecule has 130 valence electrons. The SMILES string of the molecule is COCCOC(CN(C)C(=O)C[C@@H](CC(C)C)C(=O)O)OC. The number of carboxylic acid groups (broad SMARTS) is 1. The van der Waals surface area contributed by atoms with Crippen molar-refractivity contribution in [2.24, 2.45) is 11.8 Å². The second-order valence-corrected chi connectivity index (χ2v) is 5.67. The van der Waals surface area contributed by atoms with E-state index in [1.807, 2.05) is 13.8 Å². The van der Waals surface area contributed by atoms with Gasteiger partial charge in [-0.1, -0.05) is 13.8 Å². The van der Waals surface area contributed by atoms with Crippen molar-refractivity contribution in [1.82, 2.24) is 4.90 Å². The number of aliphatic carboxylic acids is 1. The van der Waals surface area contributed by atoms with Crippen molar-refractivity contribution in [2.75, 3.05) is 41.0 Å². The number of hydrogen-bond donors (Lipinski definition) is 1. The van der Waals surface area contributed by atoms with Crippen molar-refractivity contribution in [3.05, 3.63) is 0 Å². The van der Waals surface area contributed by atoms with Crippen LogP contribution in [0.2, 0.25) is 0 Å². The number of carbonyl (C=O) groups is 2. The quantitative estimate of drug-likeness (QED) is 0.430. The van der Waals surface area contributed by atoms with Gasteiger partial charge >= 0.3 is 5.97 Å². The average molecular weight is 319 g/mol. The third-order valence-electron chi connectivity index (χ3n) is 3.23. The molecule has 1 N–H and O–H groups in total. The van der Waals surface area contributed by atoms with E-state index in [1.54, 1.807) is 14.2 Å². The summed E-state index contributed by atoms with van der Waals surface area (Å²) in [5, 5.41) is 9.19. The van der Waals surface area contributed by atoms with E-state index in [1.165, 1.54) is 12.0 Å². The van der Waals surface area contributed by atoms with Gasteiger partial charge in [0, 0.05) is 27.7 Å². The molecule has 0 fully saturated rings. The summed E-state index contributed by atoms with van der Waals surface area (Å²) in [6, 6.07) is 0. The Morgan fingerprint density at radius 3 is 2.27 bits per heavy atom. The molecule has 0 aliphatic rings. The Kier molecular flexibility index (Phi) is 10.8. The molecule has 0 heterocycles. The van der Waals surface area contributed by atoms with Gasteiger partial charge in [-0.15, -0.1) is 0 Å². The normalized spacial score (nSPS) is 13.9. The van der Waals surface area contributed by atoms with Crippen LogP contribution in [0, 0.1) is 11.8 Å². The second kappa shape index (κ2) is 11.4. The molecule has 7 heteroatoms. The summed E-state index contributed by atoms with van der Waals surface area (Å²) >= 11 is 0. The van der Waals surface area contributed by atoms with Gasteiger partial charge in [0.25, 0.3) is 0 Å². The van der Waals surface area contributed by atoms with Gasteiger partial charge in [-0.25, -0.2) is 0 Å². The molecule has 1 unspecified atom stereocenters. The van der Waals surface area contributed by atoms with Gasteiger partial charge in [-0.3, -0.25) is 9.59 Å². The number of amides is 1. The van der Waals surface area contributed by atoms with Gasteiger partial charge in [0.1, 0.15) is 0 Å². The maximum absolute atomic E-state index is 12.1. The first kappa shape index (κ1) is 20.8. The summed E-state index contributed by atoms with van der Waals surface area (Å²) in [5.74, 6) is -1.60. The predicted octanol–water partition coefficient (Wildman–Crippen LogP) is 1.22. The van der Waals surface area contributed by atoms with E-state index in [9.17, 15) is 14.7 Å². The smallest absolute Gasteiger partial charge is 0.307 e. The van der Waals surface area contributed by atoms with Crippen LogP contribution < -0.4 is 0 Å². The molecule has 0 radical (unpaired) electrons. The first-order chi connectivity index (χ1) is 10.3. The topological polar surface area (TPSA) is 85.3 Å². The van der Waals surface area contributed by atoms with Crippen LogP contribution in [0.25, 0.3) is 0 Å². The van der Waals surface area contributed by atoms with Crippen molar-refractivity contribution in [3.63, 3.8) is 0 Å². The number of methoxy groups -OCH3 is 2. The molecule has 0 rings (SSSR count). The number of carbonyl (C=O) groups excluding carboxylic acids is 1. The molecular weight excluding hydrogens is 290 g/mol. The summed E-state index contributed by atoms with van der Waals surface area (Å²) in [7, 11) is 4.68. The van der Waals surface area contributed by atoms with Crippen LogP contribution in [0.1, 0.15) is 26.7 Å². The van der Waals surface area contributed by atoms with E-state index < -0.39 is 18.2 Å². The summed E-state index contributed by atoms with van der Waals surface area (Å²) in [5.41, 5.74) is 0. The number of carboxylic acids is 1. The zero-order valence-corrected chi connectivity index (χ0v) is 14.2. The van der Waals surface area contributed by atoms with Crippen LogP contribution in [-0.4, -0.2) is 69.2 Å². The maximum Gasteiger partial charge on any atom is 0.307 e. The molecule has 0 aromatic heterocycles. The lowest BCUT2D eigenvalue weighted by Crippen LogP contribution is -2.38. The molecule has 0 saturated carbocycles. The van der Waals surface area contributed by atoms with Gasteiger partial charge in [-0.05, 0) is 12.3 Å². The first-order valence-electron chi connectivity index (χ1n) is 7.41. The molecule has 0 bridgehead atoms. The molecule has 0 spiro atoms. The highest BCUT2D eigenvalue weighted by Gasteiger charge is 2.25. The fourth-order valence-electron chi connectivity index (χ4n) is 1.99. The number of nitrogens with zero attached hydrogens (tertiary/aromatic N) is 1. The minimum atomic E-state index is -0.935. The van der Waals surface area contributed by atoms with E-state index in [0.717, 1.165) is 0 Å². The van der Waals surface area contributed by atoms with Crippen LogP contribution >= 0.6 is 0 Å². The van der Waals surface area contributed by atoms with Gasteiger partial charge in [0.15, 0.2) is 6.29 Å². The van der Waals surface area contributed by atoms with E-state index in [-0.39, 0.29) is 24.8 Å². The lowest BCUT2D eigenvalue weighted by molar-refractivity contribution is -0.156. The zero-order valence-electron chi connectivity index (χ0n) is 14.2. The fraction of sp³-hybridized carbons (Fsp3) is 0.867. The van der Waals surface area contributed by atoms with E-state index in [2.05, 4.69) is 0 Å². The lowest BCUT2D eigenvalue weighted by atomic mass is 9.94. The summed E-state index contributed by atoms with van der Waals surface area (Å²) < 4.78 is 15.4. The van der Waals surface area contributed by atoms with Crippen LogP contribution in [0.15, 0.2) is 0 Å². The third-order valence-corrected chi connectivity index (χ3v) is 3.23. The minimum absolute atomic E-state index is 0.0154. The summed E-state index contributed by atoms with van der Waals surface area (Å²) in [6.45, 7) is 4.92. The Balaban J connectivity index is 4.40. The van der Waals surface area contributed by atoms with Gasteiger partial charge in [-0.2, -0.15) is 0 Å². The highest BCUT2D eigenvalue weighted by atomic mass is 16.7. The first-order valence-corrected chi connectivity index (χ1v) is 7.41. The molecule has 0 saturated heterocycles. The number of ether oxygens (including phenoxy) is 3. The number of hydrogen-bond acceptors (Lipinski definition) is 5. The highest BCUT2D eigenvalue weighted by Crippen LogP contribution is 2.17. The molecule has 0 aliphatic heterocycles. The summed E-state index contributed by atoms with van der Waals surface area (Å²) in [6.07, 6.45) is -0.0941. The molecule has 0 aromatic rings. The van der Waals surface area contributed by atoms with Crippen molar-refractivity contribution >= 4 is 11.9 Å². The second-order valence-electron chi connectivity index (χ2n) is 5.67. The van der Waals surface area contributed by atoms with Crippen LogP contribution in [0.5, 0.6) is 0 Å². The van der Waals surface area contributed by atoms with E-state index >= 15 is 0 Å². The predicted molar refractivity (Wildman–Crippen MR) is 81.5 cm³/mol. The van der Waals surface area contributed by atoms with Gasteiger partial charge in [0.05, 0.1) is 25.7 Å². The van der Waals surface area contributed by atoms with Crippen molar-refractivity contribution < 1.29 is 28.9 Å². The molecule has 2 atom stereocenters. The number of rotatable bonds is 12. The Hall–Kier alpha value is -1.18. The van der Waals surface area contributed by atoms with Crippen LogP contribution in [0.4, 0.5) is 0 Å². The fourth-order valence-corrected chi connectivity index (χ4v) is 1.99. The molecule has 0 aliphatic carbocycles. The Morgan fingerprint density at radius 2 is 1.82 bits per heavy atom. The lowest BCUT2D eigenvalue weighted by Gasteiger charge is -2.25. The molecule has 22 heavy (non-hydrogen) atoms. The Morgan fingerprint density at radius 1 is 1.18 bits per heavy atom. The van der Waals surface area contributed by atoms with Crippen molar-refractivity contribution in [3.8, 4) is 0 Å². The third kappa shape index (κ3) is 8.96. The monoisotopic (exact) mass is 319 g/mol. The minimum Gasteiger partial charge on any atom is -0.481 e. The van der Waals surface area contributed by atoms with E-state index in [0.29, 0.717) is 19.6 Å². The Labute approximate surface area is 132 Å². The van der Waals surface area contributed by atoms with Gasteiger partial charge < -0.3 is 24.2 Å². The summed E-state index contributed by atoms with van der Waals surface area (Å²) in [4.78, 5) is 24.8. The highest BCUT2D eigenvalue weighted by molar-refractivity contribution is 5.82. The van der Waals surface area contributed by atoms with Crippen LogP contribution in [-0.2, 0) is 23.8 Å². The Bertz CT molecular complexity index is 334. The number of likely N-dealkylation sites (N-methyl/N-ethyl adjacent to an activating group) is 1. The van der Waals surface area contributed by atoms with Crippen molar-refractivity contribution in [1.29, 1.82) is 0 Å². The van der Waals surface area contributed by atoms with Crippen molar-refractivity contribution in [2.45, 2.75) is 33.0 Å². The molecule has 7 nitrogen and oxygen atoms in total. The zero-order chi connectivity index (χ0) is 17.1. The molecular formula is C15H29NO6. The molecule has 0 aromatic carbocycles. The van der Waals surface area contributed by atoms with Gasteiger partial charge in [0.2, 0.25) is 5.91 Å².